The second-order valence-corrected chi connectivity index (χ2v) is 11.8. The van der Waals surface area contributed by atoms with Crippen molar-refractivity contribution < 1.29 is 10.2 Å². The van der Waals surface area contributed by atoms with Gasteiger partial charge in [-0.15, -0.1) is 0 Å². The summed E-state index contributed by atoms with van der Waals surface area (Å²) in [7, 11) is 0. The van der Waals surface area contributed by atoms with Crippen molar-refractivity contribution in [2.45, 2.75) is 30.5 Å². The number of benzene rings is 5. The van der Waals surface area contributed by atoms with Gasteiger partial charge in [0.25, 0.3) is 0 Å². The van der Waals surface area contributed by atoms with Crippen molar-refractivity contribution in [1.82, 2.24) is 0 Å². The molecule has 0 aliphatic heterocycles. The summed E-state index contributed by atoms with van der Waals surface area (Å²) in [6.07, 6.45) is 0. The van der Waals surface area contributed by atoms with Crippen molar-refractivity contribution in [2.24, 2.45) is 0 Å². The summed E-state index contributed by atoms with van der Waals surface area (Å²) in [4.78, 5) is 0. The van der Waals surface area contributed by atoms with Crippen LogP contribution >= 0.6 is 15.9 Å². The largest absolute Gasteiger partial charge is 0.376 e. The minimum absolute atomic E-state index is 0.292. The third-order valence-corrected chi connectivity index (χ3v) is 9.29. The summed E-state index contributed by atoms with van der Waals surface area (Å²) in [5, 5.41) is 25.7. The second kappa shape index (κ2) is 8.00. The molecule has 2 aliphatic carbocycles. The van der Waals surface area contributed by atoms with Gasteiger partial charge < -0.3 is 10.2 Å². The highest BCUT2D eigenvalue weighted by molar-refractivity contribution is 9.10. The topological polar surface area (TPSA) is 40.5 Å². The molecular formula is C35H27BrO2. The SMILES string of the molecule is CC1(C)c2cc3c(cc2-c2cccc(Br)c21)C(O)(c1ccccc1)c1ccccc1C3(O)c1ccccc1. The first-order valence-electron chi connectivity index (χ1n) is 12.9. The monoisotopic (exact) mass is 558 g/mol. The van der Waals surface area contributed by atoms with Crippen LogP contribution in [-0.2, 0) is 16.6 Å². The number of hydrogen-bond donors (Lipinski definition) is 2. The average molecular weight is 560 g/mol. The first-order valence-corrected chi connectivity index (χ1v) is 13.7. The Morgan fingerprint density at radius 3 is 1.55 bits per heavy atom. The van der Waals surface area contributed by atoms with Crippen LogP contribution in [0.15, 0.2) is 120 Å². The molecule has 38 heavy (non-hydrogen) atoms. The highest BCUT2D eigenvalue weighted by Gasteiger charge is 2.52. The quantitative estimate of drug-likeness (QED) is 0.234. The Kier molecular flexibility index (Phi) is 4.97. The standard InChI is InChI=1S/C35H27BrO2/c1-33(2)28-21-30-29(20-25(28)24-16-11-19-31(36)32(24)33)34(37,22-12-5-3-6-13-22)26-17-9-10-18-27(26)35(30,38)23-14-7-4-8-15-23/h3-21,37-38H,1-2H3. The molecule has 2 N–H and O–H groups in total. The fraction of sp³-hybridized carbons (Fsp3) is 0.143. The molecule has 5 aromatic carbocycles. The van der Waals surface area contributed by atoms with Gasteiger partial charge in [0.1, 0.15) is 11.2 Å². The normalized spacial score (nSPS) is 22.2. The Labute approximate surface area is 231 Å². The van der Waals surface area contributed by atoms with Crippen LogP contribution in [0, 0.1) is 0 Å². The molecule has 7 rings (SSSR count). The molecule has 0 saturated heterocycles. The van der Waals surface area contributed by atoms with Crippen molar-refractivity contribution in [2.75, 3.05) is 0 Å². The van der Waals surface area contributed by atoms with Crippen LogP contribution in [0.3, 0.4) is 0 Å². The Bertz CT molecular complexity index is 1720. The van der Waals surface area contributed by atoms with E-state index in [1.165, 1.54) is 5.56 Å². The van der Waals surface area contributed by atoms with Gasteiger partial charge >= 0.3 is 0 Å². The van der Waals surface area contributed by atoms with Crippen LogP contribution in [0.2, 0.25) is 0 Å². The molecule has 3 heteroatoms. The first-order chi connectivity index (χ1) is 18.3. The average Bonchev–Trinajstić information content (AvgIpc) is 3.18. The molecule has 2 aliphatic rings. The van der Waals surface area contributed by atoms with Gasteiger partial charge in [-0.3, -0.25) is 0 Å². The maximum Gasteiger partial charge on any atom is 0.141 e. The second-order valence-electron chi connectivity index (χ2n) is 10.9. The van der Waals surface area contributed by atoms with Crippen LogP contribution in [0.1, 0.15) is 58.4 Å². The minimum atomic E-state index is -1.44. The predicted molar refractivity (Wildman–Crippen MR) is 155 cm³/mol. The van der Waals surface area contributed by atoms with E-state index in [-0.39, 0.29) is 5.41 Å². The van der Waals surface area contributed by atoms with Crippen LogP contribution in [0.25, 0.3) is 11.1 Å². The lowest BCUT2D eigenvalue weighted by Gasteiger charge is -2.45. The molecule has 0 fully saturated rings. The van der Waals surface area contributed by atoms with Gasteiger partial charge in [0, 0.05) is 15.5 Å². The number of halogens is 1. The number of fused-ring (bicyclic) bond motifs is 5. The smallest absolute Gasteiger partial charge is 0.141 e. The first kappa shape index (κ1) is 23.6. The lowest BCUT2D eigenvalue weighted by Crippen LogP contribution is -2.44. The van der Waals surface area contributed by atoms with E-state index >= 15 is 0 Å². The summed E-state index contributed by atoms with van der Waals surface area (Å²) >= 11 is 3.81. The zero-order valence-electron chi connectivity index (χ0n) is 21.2. The molecule has 186 valence electrons. The maximum atomic E-state index is 12.9. The van der Waals surface area contributed by atoms with E-state index in [1.54, 1.807) is 0 Å². The number of aliphatic hydroxyl groups is 2. The molecule has 2 atom stereocenters. The third-order valence-electron chi connectivity index (χ3n) is 8.63. The Hall–Kier alpha value is -3.50. The summed E-state index contributed by atoms with van der Waals surface area (Å²) in [5.74, 6) is 0. The molecule has 0 amide bonds. The summed E-state index contributed by atoms with van der Waals surface area (Å²) in [5.41, 5.74) is 5.79. The molecule has 5 aromatic rings. The Balaban J connectivity index is 1.66. The van der Waals surface area contributed by atoms with Crippen molar-refractivity contribution >= 4 is 15.9 Å². The van der Waals surface area contributed by atoms with E-state index in [9.17, 15) is 10.2 Å². The summed E-state index contributed by atoms with van der Waals surface area (Å²) in [6, 6.07) is 38.0. The van der Waals surface area contributed by atoms with Crippen LogP contribution in [-0.4, -0.2) is 10.2 Å². The maximum absolute atomic E-state index is 12.9. The predicted octanol–water partition coefficient (Wildman–Crippen LogP) is 7.64. The minimum Gasteiger partial charge on any atom is -0.376 e. The molecule has 0 radical (unpaired) electrons. The van der Waals surface area contributed by atoms with Gasteiger partial charge in [-0.2, -0.15) is 0 Å². The highest BCUT2D eigenvalue weighted by atomic mass is 79.9. The van der Waals surface area contributed by atoms with Crippen LogP contribution in [0.4, 0.5) is 0 Å². The number of rotatable bonds is 2. The molecule has 0 bridgehead atoms. The van der Waals surface area contributed by atoms with E-state index in [2.05, 4.69) is 60.1 Å². The molecule has 0 heterocycles. The third kappa shape index (κ3) is 2.90. The van der Waals surface area contributed by atoms with E-state index in [4.69, 9.17) is 0 Å². The zero-order valence-corrected chi connectivity index (χ0v) is 22.8. The van der Waals surface area contributed by atoms with Gasteiger partial charge in [-0.05, 0) is 62.2 Å². The van der Waals surface area contributed by atoms with Crippen LogP contribution < -0.4 is 0 Å². The van der Waals surface area contributed by atoms with Crippen molar-refractivity contribution in [3.05, 3.63) is 164 Å². The molecule has 0 aromatic heterocycles. The van der Waals surface area contributed by atoms with Gasteiger partial charge in [0.15, 0.2) is 0 Å². The van der Waals surface area contributed by atoms with E-state index in [0.717, 1.165) is 32.3 Å². The summed E-state index contributed by atoms with van der Waals surface area (Å²) in [6.45, 7) is 4.47. The van der Waals surface area contributed by atoms with Gasteiger partial charge in [0.05, 0.1) is 0 Å². The highest BCUT2D eigenvalue weighted by Crippen LogP contribution is 2.58. The van der Waals surface area contributed by atoms with E-state index in [1.807, 2.05) is 84.9 Å². The molecule has 2 unspecified atom stereocenters. The zero-order chi connectivity index (χ0) is 26.3. The van der Waals surface area contributed by atoms with Crippen molar-refractivity contribution in [1.29, 1.82) is 0 Å². The van der Waals surface area contributed by atoms with Crippen molar-refractivity contribution in [3.63, 3.8) is 0 Å². The van der Waals surface area contributed by atoms with Crippen molar-refractivity contribution in [3.8, 4) is 11.1 Å². The number of hydrogen-bond acceptors (Lipinski definition) is 2. The molecule has 0 spiro atoms. The van der Waals surface area contributed by atoms with E-state index < -0.39 is 11.2 Å². The van der Waals surface area contributed by atoms with Gasteiger partial charge in [-0.25, -0.2) is 0 Å². The molecule has 2 nitrogen and oxygen atoms in total. The van der Waals surface area contributed by atoms with E-state index in [0.29, 0.717) is 22.3 Å². The Morgan fingerprint density at radius 1 is 0.500 bits per heavy atom. The lowest BCUT2D eigenvalue weighted by atomic mass is 9.62. The fourth-order valence-corrected chi connectivity index (χ4v) is 7.70. The fourth-order valence-electron chi connectivity index (χ4n) is 6.84. The lowest BCUT2D eigenvalue weighted by molar-refractivity contribution is 0.0747. The van der Waals surface area contributed by atoms with Gasteiger partial charge in [0.2, 0.25) is 0 Å². The Morgan fingerprint density at radius 2 is 1.00 bits per heavy atom. The molecular weight excluding hydrogens is 532 g/mol. The van der Waals surface area contributed by atoms with Gasteiger partial charge in [-0.1, -0.05) is 133 Å². The van der Waals surface area contributed by atoms with Crippen LogP contribution in [0.5, 0.6) is 0 Å². The summed E-state index contributed by atoms with van der Waals surface area (Å²) < 4.78 is 1.06. The molecule has 0 saturated carbocycles.